The molecule has 2 aromatic carbocycles. The number of nitrogens with two attached hydrogens (primary N) is 3. The van der Waals surface area contributed by atoms with Gasteiger partial charge < -0.3 is 22.3 Å². The van der Waals surface area contributed by atoms with Crippen LogP contribution < -0.4 is 17.2 Å². The lowest BCUT2D eigenvalue weighted by Gasteiger charge is -2.09. The van der Waals surface area contributed by atoms with E-state index in [9.17, 15) is 5.11 Å². The fourth-order valence-electron chi connectivity index (χ4n) is 2.13. The van der Waals surface area contributed by atoms with Crippen LogP contribution in [0.15, 0.2) is 44.7 Å². The van der Waals surface area contributed by atoms with Gasteiger partial charge in [-0.1, -0.05) is 6.07 Å². The summed E-state index contributed by atoms with van der Waals surface area (Å²) in [6.45, 7) is 3.50. The number of benzene rings is 2. The van der Waals surface area contributed by atoms with Crippen molar-refractivity contribution in [2.45, 2.75) is 13.8 Å². The predicted molar refractivity (Wildman–Crippen MR) is 94.8 cm³/mol. The Morgan fingerprint density at radius 3 is 2.42 bits per heavy atom. The highest BCUT2D eigenvalue weighted by Crippen LogP contribution is 2.36. The lowest BCUT2D eigenvalue weighted by molar-refractivity contribution is 0.477. The van der Waals surface area contributed by atoms with Gasteiger partial charge in [0.25, 0.3) is 0 Å². The minimum Gasteiger partial charge on any atom is -0.507 e. The van der Waals surface area contributed by atoms with Crippen LogP contribution in [-0.2, 0) is 0 Å². The van der Waals surface area contributed by atoms with Crippen LogP contribution in [0, 0.1) is 12.3 Å². The predicted octanol–water partition coefficient (Wildman–Crippen LogP) is 1.83. The van der Waals surface area contributed by atoms with Crippen LogP contribution in [-0.4, -0.2) is 22.7 Å². The SMILES string of the molecule is C/C(=N/N=C(N)N)c1ccc2c(O)c(C)cc(N=NC(=N)N)c2c1. The second-order valence-corrected chi connectivity index (χ2v) is 5.12. The molecule has 0 saturated carbocycles. The molecule has 0 unspecified atom stereocenters. The number of azo groups is 1. The largest absolute Gasteiger partial charge is 0.507 e. The Morgan fingerprint density at radius 1 is 1.08 bits per heavy atom. The van der Waals surface area contributed by atoms with E-state index in [0.717, 1.165) is 5.56 Å². The highest BCUT2D eigenvalue weighted by atomic mass is 16.3. The van der Waals surface area contributed by atoms with Crippen LogP contribution >= 0.6 is 0 Å². The minimum atomic E-state index is -0.407. The van der Waals surface area contributed by atoms with E-state index in [1.54, 1.807) is 38.1 Å². The first-order valence-corrected chi connectivity index (χ1v) is 6.95. The molecule has 24 heavy (non-hydrogen) atoms. The summed E-state index contributed by atoms with van der Waals surface area (Å²) in [5, 5.41) is 33.7. The lowest BCUT2D eigenvalue weighted by Crippen LogP contribution is -2.22. The quantitative estimate of drug-likeness (QED) is 0.251. The minimum absolute atomic E-state index is 0.139. The fourth-order valence-corrected chi connectivity index (χ4v) is 2.13. The van der Waals surface area contributed by atoms with Crippen LogP contribution in [0.25, 0.3) is 10.8 Å². The van der Waals surface area contributed by atoms with E-state index < -0.39 is 5.96 Å². The molecule has 0 atom stereocenters. The van der Waals surface area contributed by atoms with Gasteiger partial charge in [0.1, 0.15) is 5.75 Å². The van der Waals surface area contributed by atoms with Gasteiger partial charge in [0.05, 0.1) is 11.4 Å². The third-order valence-corrected chi connectivity index (χ3v) is 3.28. The molecule has 124 valence electrons. The molecule has 0 aromatic heterocycles. The first-order chi connectivity index (χ1) is 11.3. The molecule has 0 aliphatic rings. The maximum Gasteiger partial charge on any atom is 0.232 e. The van der Waals surface area contributed by atoms with E-state index in [1.165, 1.54) is 0 Å². The van der Waals surface area contributed by atoms with E-state index in [-0.39, 0.29) is 11.7 Å². The molecule has 2 aromatic rings. The van der Waals surface area contributed by atoms with Crippen LogP contribution in [0.4, 0.5) is 5.69 Å². The molecular formula is C15H18N8O. The van der Waals surface area contributed by atoms with E-state index in [2.05, 4.69) is 20.4 Å². The Morgan fingerprint density at radius 2 is 1.79 bits per heavy atom. The van der Waals surface area contributed by atoms with Crippen LogP contribution in [0.1, 0.15) is 18.1 Å². The topological polar surface area (TPSA) is 172 Å². The Kier molecular flexibility index (Phi) is 4.73. The number of phenols is 1. The highest BCUT2D eigenvalue weighted by Gasteiger charge is 2.11. The number of fused-ring (bicyclic) bond motifs is 1. The maximum absolute atomic E-state index is 10.2. The fraction of sp³-hybridized carbons (Fsp3) is 0.133. The van der Waals surface area contributed by atoms with Crippen molar-refractivity contribution in [1.29, 1.82) is 5.41 Å². The molecule has 0 saturated heterocycles. The summed E-state index contributed by atoms with van der Waals surface area (Å²) in [7, 11) is 0. The Hall–Kier alpha value is -3.49. The number of aryl methyl sites for hydroxylation is 1. The summed E-state index contributed by atoms with van der Waals surface area (Å²) in [6, 6.07) is 6.98. The van der Waals surface area contributed by atoms with Gasteiger partial charge >= 0.3 is 0 Å². The molecule has 0 radical (unpaired) electrons. The van der Waals surface area contributed by atoms with Gasteiger partial charge in [-0.15, -0.1) is 15.3 Å². The van der Waals surface area contributed by atoms with Crippen molar-refractivity contribution in [3.05, 3.63) is 35.4 Å². The van der Waals surface area contributed by atoms with Crippen molar-refractivity contribution in [2.24, 2.45) is 37.6 Å². The van der Waals surface area contributed by atoms with Gasteiger partial charge in [0, 0.05) is 10.8 Å². The molecule has 9 heteroatoms. The zero-order valence-electron chi connectivity index (χ0n) is 13.3. The van der Waals surface area contributed by atoms with E-state index >= 15 is 0 Å². The number of guanidine groups is 2. The second-order valence-electron chi connectivity index (χ2n) is 5.12. The zero-order valence-corrected chi connectivity index (χ0v) is 13.3. The molecule has 2 rings (SSSR count). The standard InChI is InChI=1S/C15H18N8O/c1-7-5-12(21-23-15(18)19)11-6-9(3-4-10(11)13(7)24)8(2)20-22-14(16)17/h3-6,24H,1-2H3,(H3,18,19)(H4,16,17,22)/b20-8-,23-21?. The summed E-state index contributed by atoms with van der Waals surface area (Å²) < 4.78 is 0. The smallest absolute Gasteiger partial charge is 0.232 e. The second kappa shape index (κ2) is 6.73. The molecule has 0 aliphatic carbocycles. The van der Waals surface area contributed by atoms with Gasteiger partial charge in [-0.05, 0) is 43.2 Å². The third-order valence-electron chi connectivity index (χ3n) is 3.28. The number of hydrogen-bond donors (Lipinski definition) is 5. The number of aromatic hydroxyl groups is 1. The third kappa shape index (κ3) is 3.64. The Balaban J connectivity index is 2.67. The van der Waals surface area contributed by atoms with E-state index in [1.807, 2.05) is 0 Å². The summed E-state index contributed by atoms with van der Waals surface area (Å²) in [6.07, 6.45) is 0. The molecule has 0 fully saturated rings. The normalized spacial score (nSPS) is 11.8. The van der Waals surface area contributed by atoms with Crippen molar-refractivity contribution >= 4 is 34.1 Å². The molecule has 8 N–H and O–H groups in total. The van der Waals surface area contributed by atoms with Gasteiger partial charge in [0.15, 0.2) is 0 Å². The average Bonchev–Trinajstić information content (AvgIpc) is 2.54. The average molecular weight is 326 g/mol. The molecule has 9 nitrogen and oxygen atoms in total. The molecule has 0 spiro atoms. The van der Waals surface area contributed by atoms with Crippen LogP contribution in [0.2, 0.25) is 0 Å². The maximum atomic E-state index is 10.2. The molecular weight excluding hydrogens is 308 g/mol. The van der Waals surface area contributed by atoms with E-state index in [4.69, 9.17) is 22.6 Å². The summed E-state index contributed by atoms with van der Waals surface area (Å²) in [5.41, 5.74) is 18.2. The van der Waals surface area contributed by atoms with Crippen molar-refractivity contribution < 1.29 is 5.11 Å². The number of nitrogens with zero attached hydrogens (tertiary/aromatic N) is 4. The molecule has 0 aliphatic heterocycles. The van der Waals surface area contributed by atoms with Crippen molar-refractivity contribution in [1.82, 2.24) is 0 Å². The van der Waals surface area contributed by atoms with Crippen LogP contribution in [0.5, 0.6) is 5.75 Å². The lowest BCUT2D eigenvalue weighted by atomic mass is 10.00. The van der Waals surface area contributed by atoms with Gasteiger partial charge in [-0.3, -0.25) is 5.41 Å². The summed E-state index contributed by atoms with van der Waals surface area (Å²) >= 11 is 0. The Labute approximate surface area is 138 Å². The Bertz CT molecular complexity index is 894. The highest BCUT2D eigenvalue weighted by molar-refractivity contribution is 6.06. The summed E-state index contributed by atoms with van der Waals surface area (Å²) in [4.78, 5) is 0. The number of phenolic OH excluding ortho intramolecular Hbond substituents is 1. The first-order valence-electron chi connectivity index (χ1n) is 6.95. The zero-order chi connectivity index (χ0) is 17.9. The first kappa shape index (κ1) is 16.9. The molecule has 0 bridgehead atoms. The van der Waals surface area contributed by atoms with Crippen molar-refractivity contribution in [2.75, 3.05) is 0 Å². The number of nitrogens with one attached hydrogen (secondary N) is 1. The monoisotopic (exact) mass is 326 g/mol. The van der Waals surface area contributed by atoms with Crippen molar-refractivity contribution in [3.8, 4) is 5.75 Å². The molecule has 0 heterocycles. The van der Waals surface area contributed by atoms with Crippen LogP contribution in [0.3, 0.4) is 0 Å². The number of rotatable bonds is 3. The number of hydrogen-bond acceptors (Lipinski definition) is 5. The van der Waals surface area contributed by atoms with Crippen molar-refractivity contribution in [3.63, 3.8) is 0 Å². The summed E-state index contributed by atoms with van der Waals surface area (Å²) in [5.74, 6) is -0.396. The van der Waals surface area contributed by atoms with Gasteiger partial charge in [-0.2, -0.15) is 5.10 Å². The van der Waals surface area contributed by atoms with E-state index in [0.29, 0.717) is 27.7 Å². The van der Waals surface area contributed by atoms with Gasteiger partial charge in [-0.25, -0.2) is 0 Å². The van der Waals surface area contributed by atoms with Gasteiger partial charge in [0.2, 0.25) is 11.9 Å². The molecule has 0 amide bonds.